The maximum Gasteiger partial charge on any atom is 0.253 e. The zero-order valence-corrected chi connectivity index (χ0v) is 7.12. The van der Waals surface area contributed by atoms with Crippen molar-refractivity contribution in [1.82, 2.24) is 4.98 Å². The first-order valence-corrected chi connectivity index (χ1v) is 3.63. The molecule has 1 heterocycles. The maximum absolute atomic E-state index is 10.6. The summed E-state index contributed by atoms with van der Waals surface area (Å²) in [5.74, 6) is 1.62. The summed E-state index contributed by atoms with van der Waals surface area (Å²) in [7, 11) is 0. The van der Waals surface area contributed by atoms with Crippen LogP contribution in [0.2, 0.25) is 0 Å². The predicted octanol–water partition coefficient (Wildman–Crippen LogP) is 1.18. The van der Waals surface area contributed by atoms with Crippen molar-refractivity contribution in [2.24, 2.45) is 0 Å². The van der Waals surface area contributed by atoms with Crippen LogP contribution >= 0.6 is 11.6 Å². The largest absolute Gasteiger partial charge is 0.435 e. The van der Waals surface area contributed by atoms with Crippen molar-refractivity contribution in [2.45, 2.75) is 0 Å². The van der Waals surface area contributed by atoms with Crippen molar-refractivity contribution in [3.8, 4) is 5.88 Å². The van der Waals surface area contributed by atoms with E-state index in [1.165, 1.54) is 24.3 Å². The van der Waals surface area contributed by atoms with Gasteiger partial charge in [0.1, 0.15) is 0 Å². The van der Waals surface area contributed by atoms with E-state index in [0.717, 1.165) is 6.26 Å². The predicted molar refractivity (Wildman–Crippen MR) is 45.3 cm³/mol. The SMILES string of the molecule is O=C=COc1ccc(C(=O)Cl)cn1. The summed E-state index contributed by atoms with van der Waals surface area (Å²) in [4.78, 5) is 24.0. The van der Waals surface area contributed by atoms with Crippen LogP contribution in [0.25, 0.3) is 0 Å². The van der Waals surface area contributed by atoms with Crippen LogP contribution in [0.15, 0.2) is 24.6 Å². The Morgan fingerprint density at radius 3 is 2.85 bits per heavy atom. The van der Waals surface area contributed by atoms with Gasteiger partial charge in [0.05, 0.1) is 5.56 Å². The van der Waals surface area contributed by atoms with Crippen LogP contribution in [0, 0.1) is 0 Å². The highest BCUT2D eigenvalue weighted by Gasteiger charge is 2.01. The Morgan fingerprint density at radius 2 is 2.38 bits per heavy atom. The molecule has 0 spiro atoms. The second-order valence-corrected chi connectivity index (χ2v) is 2.36. The van der Waals surface area contributed by atoms with Gasteiger partial charge in [0.15, 0.2) is 12.2 Å². The summed E-state index contributed by atoms with van der Waals surface area (Å²) < 4.78 is 4.68. The fourth-order valence-electron chi connectivity index (χ4n) is 0.651. The number of pyridine rings is 1. The highest BCUT2D eigenvalue weighted by molar-refractivity contribution is 6.67. The third kappa shape index (κ3) is 2.71. The molecule has 0 aliphatic heterocycles. The minimum absolute atomic E-state index is 0.199. The molecule has 0 aliphatic rings. The summed E-state index contributed by atoms with van der Waals surface area (Å²) in [5, 5.41) is -0.593. The Kier molecular flexibility index (Phi) is 3.20. The van der Waals surface area contributed by atoms with E-state index in [-0.39, 0.29) is 11.4 Å². The number of hydrogen-bond acceptors (Lipinski definition) is 4. The van der Waals surface area contributed by atoms with Crippen molar-refractivity contribution in [1.29, 1.82) is 0 Å². The molecule has 0 saturated carbocycles. The molecule has 4 nitrogen and oxygen atoms in total. The fraction of sp³-hybridized carbons (Fsp3) is 0. The molecule has 0 unspecified atom stereocenters. The Hall–Kier alpha value is -1.64. The number of ether oxygens (including phenoxy) is 1. The second kappa shape index (κ2) is 4.40. The van der Waals surface area contributed by atoms with Crippen LogP contribution in [-0.4, -0.2) is 16.2 Å². The van der Waals surface area contributed by atoms with Crippen LogP contribution in [0.1, 0.15) is 10.4 Å². The molecule has 1 rings (SSSR count). The number of carbonyl (C=O) groups excluding carboxylic acids is 2. The number of halogens is 1. The third-order valence-corrected chi connectivity index (χ3v) is 1.41. The third-order valence-electron chi connectivity index (χ3n) is 1.19. The number of hydrogen-bond donors (Lipinski definition) is 0. The zero-order chi connectivity index (χ0) is 9.68. The van der Waals surface area contributed by atoms with E-state index in [0.29, 0.717) is 0 Å². The lowest BCUT2D eigenvalue weighted by atomic mass is 10.3. The van der Waals surface area contributed by atoms with Gasteiger partial charge < -0.3 is 4.74 Å². The van der Waals surface area contributed by atoms with Gasteiger partial charge in [0.25, 0.3) is 5.24 Å². The van der Waals surface area contributed by atoms with Crippen LogP contribution in [0.4, 0.5) is 0 Å². The molecule has 1 aromatic heterocycles. The highest BCUT2D eigenvalue weighted by Crippen LogP contribution is 2.08. The number of rotatable bonds is 3. The van der Waals surface area contributed by atoms with Gasteiger partial charge in [-0.1, -0.05) is 0 Å². The molecule has 0 saturated heterocycles. The Bertz CT molecular complexity index is 354. The first-order chi connectivity index (χ1) is 6.24. The van der Waals surface area contributed by atoms with E-state index >= 15 is 0 Å². The van der Waals surface area contributed by atoms with Gasteiger partial charge in [-0.2, -0.15) is 0 Å². The van der Waals surface area contributed by atoms with Crippen LogP contribution in [0.3, 0.4) is 0 Å². The van der Waals surface area contributed by atoms with Crippen molar-refractivity contribution in [3.63, 3.8) is 0 Å². The van der Waals surface area contributed by atoms with Crippen molar-refractivity contribution in [2.75, 3.05) is 0 Å². The smallest absolute Gasteiger partial charge is 0.253 e. The molecule has 13 heavy (non-hydrogen) atoms. The number of carbonyl (C=O) groups is 1. The summed E-state index contributed by atoms with van der Waals surface area (Å²) in [6.45, 7) is 0. The Labute approximate surface area is 78.8 Å². The summed E-state index contributed by atoms with van der Waals surface area (Å²) in [6.07, 6.45) is 2.08. The van der Waals surface area contributed by atoms with Crippen molar-refractivity contribution >= 4 is 22.8 Å². The fourth-order valence-corrected chi connectivity index (χ4v) is 0.762. The molecule has 5 heteroatoms. The van der Waals surface area contributed by atoms with Gasteiger partial charge in [-0.3, -0.25) is 4.79 Å². The average molecular weight is 198 g/mol. The molecule has 0 bridgehead atoms. The average Bonchev–Trinajstić information content (AvgIpc) is 2.15. The normalized spacial score (nSPS) is 8.69. The quantitative estimate of drug-likeness (QED) is 0.415. The topological polar surface area (TPSA) is 56.3 Å². The van der Waals surface area contributed by atoms with Gasteiger partial charge in [-0.25, -0.2) is 9.78 Å². The van der Waals surface area contributed by atoms with E-state index in [4.69, 9.17) is 11.6 Å². The van der Waals surface area contributed by atoms with Crippen LogP contribution < -0.4 is 4.74 Å². The molecule has 0 radical (unpaired) electrons. The van der Waals surface area contributed by atoms with Gasteiger partial charge in [-0.05, 0) is 17.7 Å². The lowest BCUT2D eigenvalue weighted by Crippen LogP contribution is -1.92. The van der Waals surface area contributed by atoms with Crippen LogP contribution in [0.5, 0.6) is 5.88 Å². The Morgan fingerprint density at radius 1 is 1.62 bits per heavy atom. The van der Waals surface area contributed by atoms with Crippen molar-refractivity contribution < 1.29 is 14.3 Å². The van der Waals surface area contributed by atoms with E-state index in [1.54, 1.807) is 0 Å². The summed E-state index contributed by atoms with van der Waals surface area (Å²) in [5.41, 5.74) is 0.268. The molecule has 0 N–H and O–H groups in total. The zero-order valence-electron chi connectivity index (χ0n) is 6.36. The van der Waals surface area contributed by atoms with E-state index in [9.17, 15) is 9.59 Å². The molecular formula is C8H4ClNO3. The van der Waals surface area contributed by atoms with Crippen LogP contribution in [-0.2, 0) is 4.79 Å². The molecule has 0 fully saturated rings. The van der Waals surface area contributed by atoms with E-state index in [1.807, 2.05) is 0 Å². The minimum Gasteiger partial charge on any atom is -0.435 e. The molecule has 0 atom stereocenters. The minimum atomic E-state index is -0.593. The van der Waals surface area contributed by atoms with Gasteiger partial charge in [0, 0.05) is 12.3 Å². The summed E-state index contributed by atoms with van der Waals surface area (Å²) in [6, 6.07) is 2.86. The monoisotopic (exact) mass is 197 g/mol. The molecule has 66 valence electrons. The van der Waals surface area contributed by atoms with Gasteiger partial charge in [-0.15, -0.1) is 0 Å². The molecule has 0 aliphatic carbocycles. The first kappa shape index (κ1) is 9.45. The standard InChI is InChI=1S/C8H4ClNO3/c9-8(12)6-1-2-7(10-5-6)13-4-3-11/h1-2,4-5H. The summed E-state index contributed by atoms with van der Waals surface area (Å²) >= 11 is 5.17. The maximum atomic E-state index is 10.6. The van der Waals surface area contributed by atoms with Crippen molar-refractivity contribution in [3.05, 3.63) is 30.2 Å². The van der Waals surface area contributed by atoms with E-state index < -0.39 is 5.24 Å². The van der Waals surface area contributed by atoms with Gasteiger partial charge in [0.2, 0.25) is 5.88 Å². The lowest BCUT2D eigenvalue weighted by molar-refractivity contribution is 0.108. The van der Waals surface area contributed by atoms with Gasteiger partial charge >= 0.3 is 0 Å². The molecule has 0 aromatic carbocycles. The first-order valence-electron chi connectivity index (χ1n) is 3.26. The molecule has 1 aromatic rings. The number of aromatic nitrogens is 1. The number of nitrogens with zero attached hydrogens (tertiary/aromatic N) is 1. The van der Waals surface area contributed by atoms with E-state index in [2.05, 4.69) is 9.72 Å². The highest BCUT2D eigenvalue weighted by atomic mass is 35.5. The lowest BCUT2D eigenvalue weighted by Gasteiger charge is -1.96. The second-order valence-electron chi connectivity index (χ2n) is 2.01. The Balaban J connectivity index is 2.80. The molecular weight excluding hydrogens is 194 g/mol. The molecule has 0 amide bonds.